The Bertz CT molecular complexity index is 731. The fourth-order valence-corrected chi connectivity index (χ4v) is 2.50. The van der Waals surface area contributed by atoms with Crippen LogP contribution in [0.15, 0.2) is 46.9 Å². The van der Waals surface area contributed by atoms with E-state index in [0.29, 0.717) is 0 Å². The first kappa shape index (κ1) is 13.2. The summed E-state index contributed by atoms with van der Waals surface area (Å²) in [6.07, 6.45) is 0. The van der Waals surface area contributed by atoms with Gasteiger partial charge in [0.2, 0.25) is 5.95 Å². The van der Waals surface area contributed by atoms with Gasteiger partial charge in [0.15, 0.2) is 0 Å². The normalized spacial score (nSPS) is 12.6. The molecule has 0 aliphatic rings. The molecule has 0 saturated carbocycles. The average Bonchev–Trinajstić information content (AvgIpc) is 2.80. The third-order valence-corrected chi connectivity index (χ3v) is 3.89. The van der Waals surface area contributed by atoms with E-state index in [1.54, 1.807) is 0 Å². The van der Waals surface area contributed by atoms with Crippen LogP contribution in [0.3, 0.4) is 0 Å². The third kappa shape index (κ3) is 2.70. The van der Waals surface area contributed by atoms with E-state index in [1.807, 2.05) is 6.07 Å². The minimum Gasteiger partial charge on any atom is -0.349 e. The number of nitrogens with zero attached hydrogens (tertiary/aromatic N) is 1. The smallest absolute Gasteiger partial charge is 0.201 e. The number of aromatic nitrogens is 2. The molecule has 2 aromatic carbocycles. The number of nitrogens with one attached hydrogen (secondary N) is 2. The van der Waals surface area contributed by atoms with Gasteiger partial charge in [0.05, 0.1) is 17.1 Å². The SMILES string of the molecule is Cc1ccc2nc(NC(C)c3ccc(Br)cc3)[nH]c2c1. The minimum atomic E-state index is 0.199. The van der Waals surface area contributed by atoms with Crippen LogP contribution in [0, 0.1) is 6.92 Å². The summed E-state index contributed by atoms with van der Waals surface area (Å²) >= 11 is 3.45. The number of anilines is 1. The van der Waals surface area contributed by atoms with Crippen LogP contribution in [-0.4, -0.2) is 9.97 Å². The van der Waals surface area contributed by atoms with Gasteiger partial charge in [0, 0.05) is 4.47 Å². The van der Waals surface area contributed by atoms with Crippen LogP contribution in [0.4, 0.5) is 5.95 Å². The zero-order chi connectivity index (χ0) is 14.1. The van der Waals surface area contributed by atoms with E-state index < -0.39 is 0 Å². The second kappa shape index (κ2) is 5.29. The average molecular weight is 330 g/mol. The van der Waals surface area contributed by atoms with Gasteiger partial charge < -0.3 is 10.3 Å². The number of benzene rings is 2. The van der Waals surface area contributed by atoms with Gasteiger partial charge in [-0.15, -0.1) is 0 Å². The van der Waals surface area contributed by atoms with E-state index in [9.17, 15) is 0 Å². The van der Waals surface area contributed by atoms with Crippen LogP contribution < -0.4 is 5.32 Å². The largest absolute Gasteiger partial charge is 0.349 e. The molecule has 20 heavy (non-hydrogen) atoms. The molecule has 0 fully saturated rings. The number of halogens is 1. The summed E-state index contributed by atoms with van der Waals surface area (Å²) < 4.78 is 1.09. The number of rotatable bonds is 3. The van der Waals surface area contributed by atoms with Gasteiger partial charge in [0.1, 0.15) is 0 Å². The number of fused-ring (bicyclic) bond motifs is 1. The molecule has 2 N–H and O–H groups in total. The number of aromatic amines is 1. The summed E-state index contributed by atoms with van der Waals surface area (Å²) in [6.45, 7) is 4.21. The van der Waals surface area contributed by atoms with Crippen molar-refractivity contribution in [3.8, 4) is 0 Å². The van der Waals surface area contributed by atoms with Gasteiger partial charge in [-0.05, 0) is 49.2 Å². The van der Waals surface area contributed by atoms with E-state index in [-0.39, 0.29) is 6.04 Å². The van der Waals surface area contributed by atoms with E-state index in [4.69, 9.17) is 0 Å². The molecular formula is C16H16BrN3. The zero-order valence-corrected chi connectivity index (χ0v) is 13.0. The molecule has 3 nitrogen and oxygen atoms in total. The van der Waals surface area contributed by atoms with Gasteiger partial charge >= 0.3 is 0 Å². The van der Waals surface area contributed by atoms with Crippen molar-refractivity contribution in [1.29, 1.82) is 0 Å². The first-order valence-corrected chi connectivity index (χ1v) is 7.39. The first-order chi connectivity index (χ1) is 9.61. The summed E-state index contributed by atoms with van der Waals surface area (Å²) in [4.78, 5) is 7.88. The van der Waals surface area contributed by atoms with Gasteiger partial charge in [-0.2, -0.15) is 0 Å². The summed E-state index contributed by atoms with van der Waals surface area (Å²) in [5.74, 6) is 0.806. The van der Waals surface area contributed by atoms with E-state index in [0.717, 1.165) is 21.5 Å². The van der Waals surface area contributed by atoms with Gasteiger partial charge in [-0.25, -0.2) is 4.98 Å². The Morgan fingerprint density at radius 2 is 1.90 bits per heavy atom. The van der Waals surface area contributed by atoms with Crippen molar-refractivity contribution < 1.29 is 0 Å². The van der Waals surface area contributed by atoms with Gasteiger partial charge in [-0.1, -0.05) is 34.1 Å². The quantitative estimate of drug-likeness (QED) is 0.724. The summed E-state index contributed by atoms with van der Waals surface area (Å²) in [7, 11) is 0. The molecule has 102 valence electrons. The molecule has 1 unspecified atom stereocenters. The number of H-pyrrole nitrogens is 1. The van der Waals surface area contributed by atoms with Gasteiger partial charge in [0.25, 0.3) is 0 Å². The number of imidazole rings is 1. The van der Waals surface area contributed by atoms with Crippen LogP contribution in [0.5, 0.6) is 0 Å². The van der Waals surface area contributed by atoms with Crippen molar-refractivity contribution in [2.24, 2.45) is 0 Å². The van der Waals surface area contributed by atoms with Crippen LogP contribution in [0.2, 0.25) is 0 Å². The highest BCUT2D eigenvalue weighted by molar-refractivity contribution is 9.10. The lowest BCUT2D eigenvalue weighted by Crippen LogP contribution is -2.07. The fourth-order valence-electron chi connectivity index (χ4n) is 2.23. The highest BCUT2D eigenvalue weighted by Crippen LogP contribution is 2.22. The third-order valence-electron chi connectivity index (χ3n) is 3.36. The maximum absolute atomic E-state index is 4.56. The molecule has 3 aromatic rings. The van der Waals surface area contributed by atoms with E-state index in [1.165, 1.54) is 11.1 Å². The minimum absolute atomic E-state index is 0.199. The number of hydrogen-bond donors (Lipinski definition) is 2. The molecule has 0 amide bonds. The van der Waals surface area contributed by atoms with Crippen molar-refractivity contribution in [3.05, 3.63) is 58.1 Å². The van der Waals surface area contributed by atoms with Crippen LogP contribution in [0.1, 0.15) is 24.1 Å². The monoisotopic (exact) mass is 329 g/mol. The molecule has 0 spiro atoms. The Morgan fingerprint density at radius 1 is 1.15 bits per heavy atom. The van der Waals surface area contributed by atoms with Crippen molar-refractivity contribution >= 4 is 32.9 Å². The Balaban J connectivity index is 1.83. The molecule has 0 aliphatic carbocycles. The van der Waals surface area contributed by atoms with Crippen molar-refractivity contribution in [3.63, 3.8) is 0 Å². The molecule has 0 saturated heterocycles. The molecule has 3 rings (SSSR count). The lowest BCUT2D eigenvalue weighted by molar-refractivity contribution is 0.868. The van der Waals surface area contributed by atoms with Crippen molar-refractivity contribution in [2.45, 2.75) is 19.9 Å². The predicted molar refractivity (Wildman–Crippen MR) is 87.0 cm³/mol. The Kier molecular flexibility index (Phi) is 3.49. The second-order valence-corrected chi connectivity index (χ2v) is 5.94. The number of hydrogen-bond acceptors (Lipinski definition) is 2. The maximum atomic E-state index is 4.56. The molecule has 0 radical (unpaired) electrons. The topological polar surface area (TPSA) is 40.7 Å². The fraction of sp³-hybridized carbons (Fsp3) is 0.188. The highest BCUT2D eigenvalue weighted by atomic mass is 79.9. The second-order valence-electron chi connectivity index (χ2n) is 5.02. The van der Waals surface area contributed by atoms with Crippen molar-refractivity contribution in [1.82, 2.24) is 9.97 Å². The molecule has 0 bridgehead atoms. The predicted octanol–water partition coefficient (Wildman–Crippen LogP) is 4.81. The molecule has 0 aliphatic heterocycles. The van der Waals surface area contributed by atoms with Crippen molar-refractivity contribution in [2.75, 3.05) is 5.32 Å². The summed E-state index contributed by atoms with van der Waals surface area (Å²) in [5.41, 5.74) is 4.51. The first-order valence-electron chi connectivity index (χ1n) is 6.60. The summed E-state index contributed by atoms with van der Waals surface area (Å²) in [6, 6.07) is 14.7. The van der Waals surface area contributed by atoms with Crippen LogP contribution in [0.25, 0.3) is 11.0 Å². The number of aryl methyl sites for hydroxylation is 1. The molecular weight excluding hydrogens is 314 g/mol. The molecule has 1 atom stereocenters. The Hall–Kier alpha value is -1.81. The zero-order valence-electron chi connectivity index (χ0n) is 11.4. The van der Waals surface area contributed by atoms with Crippen LogP contribution >= 0.6 is 15.9 Å². The van der Waals surface area contributed by atoms with E-state index in [2.05, 4.69) is 81.5 Å². The van der Waals surface area contributed by atoms with Gasteiger partial charge in [-0.3, -0.25) is 0 Å². The molecule has 1 heterocycles. The summed E-state index contributed by atoms with van der Waals surface area (Å²) in [5, 5.41) is 3.40. The highest BCUT2D eigenvalue weighted by Gasteiger charge is 2.08. The lowest BCUT2D eigenvalue weighted by Gasteiger charge is -2.13. The van der Waals surface area contributed by atoms with E-state index >= 15 is 0 Å². The lowest BCUT2D eigenvalue weighted by atomic mass is 10.1. The standard InChI is InChI=1S/C16H16BrN3/c1-10-3-8-14-15(9-10)20-16(19-14)18-11(2)12-4-6-13(17)7-5-12/h3-9,11H,1-2H3,(H2,18,19,20). The Morgan fingerprint density at radius 3 is 2.65 bits per heavy atom. The molecule has 1 aromatic heterocycles. The van der Waals surface area contributed by atoms with Crippen LogP contribution in [-0.2, 0) is 0 Å². The molecule has 4 heteroatoms. The maximum Gasteiger partial charge on any atom is 0.201 e. The Labute approximate surface area is 126 Å².